The summed E-state index contributed by atoms with van der Waals surface area (Å²) in [5.41, 5.74) is -0.183. The Hall–Kier alpha value is -1.26. The van der Waals surface area contributed by atoms with Gasteiger partial charge in [0.1, 0.15) is 0 Å². The van der Waals surface area contributed by atoms with Crippen LogP contribution in [0.5, 0.6) is 0 Å². The molecular weight excluding hydrogens is 252 g/mol. The van der Waals surface area contributed by atoms with Crippen LogP contribution >= 0.6 is 11.6 Å². The Balaban J connectivity index is 1.82. The largest absolute Gasteiger partial charge is 0.388 e. The topological polar surface area (TPSA) is 61.4 Å². The highest BCUT2D eigenvalue weighted by atomic mass is 35.5. The number of carbonyl (C=O) groups excluding carboxylic acids is 1. The lowest BCUT2D eigenvalue weighted by atomic mass is 10.0. The molecule has 18 heavy (non-hydrogen) atoms. The summed E-state index contributed by atoms with van der Waals surface area (Å²) < 4.78 is 0. The van der Waals surface area contributed by atoms with Crippen molar-refractivity contribution in [1.82, 2.24) is 5.32 Å². The average Bonchev–Trinajstić information content (AvgIpc) is 3.10. The fraction of sp³-hybridized carbons (Fsp3) is 0.462. The summed E-state index contributed by atoms with van der Waals surface area (Å²) in [6.45, 7) is 2.01. The Morgan fingerprint density at radius 3 is 2.89 bits per heavy atom. The van der Waals surface area contributed by atoms with Gasteiger partial charge in [0.25, 0.3) is 0 Å². The van der Waals surface area contributed by atoms with Crippen molar-refractivity contribution >= 4 is 23.3 Å². The smallest absolute Gasteiger partial charge is 0.319 e. The number of carbonyl (C=O) groups is 1. The van der Waals surface area contributed by atoms with Gasteiger partial charge >= 0.3 is 6.03 Å². The lowest BCUT2D eigenvalue weighted by molar-refractivity contribution is 0.0398. The number of hydrogen-bond acceptors (Lipinski definition) is 2. The molecule has 5 heteroatoms. The Morgan fingerprint density at radius 2 is 2.28 bits per heavy atom. The lowest BCUT2D eigenvalue weighted by Crippen LogP contribution is -2.43. The first-order valence-corrected chi connectivity index (χ1v) is 6.38. The molecule has 1 aliphatic rings. The zero-order valence-corrected chi connectivity index (χ0v) is 11.0. The van der Waals surface area contributed by atoms with E-state index in [1.165, 1.54) is 0 Å². The molecule has 4 nitrogen and oxygen atoms in total. The van der Waals surface area contributed by atoms with Gasteiger partial charge in [0, 0.05) is 17.3 Å². The highest BCUT2D eigenvalue weighted by molar-refractivity contribution is 6.30. The second kappa shape index (κ2) is 5.16. The fourth-order valence-electron chi connectivity index (χ4n) is 1.85. The van der Waals surface area contributed by atoms with Crippen LogP contribution in [0.3, 0.4) is 0 Å². The molecule has 1 aromatic carbocycles. The molecule has 0 radical (unpaired) electrons. The number of aliphatic hydroxyl groups is 1. The van der Waals surface area contributed by atoms with Crippen LogP contribution in [0.1, 0.15) is 19.8 Å². The van der Waals surface area contributed by atoms with E-state index in [1.54, 1.807) is 31.2 Å². The number of nitrogens with one attached hydrogen (secondary N) is 2. The van der Waals surface area contributed by atoms with Gasteiger partial charge < -0.3 is 15.7 Å². The van der Waals surface area contributed by atoms with Crippen LogP contribution in [0.25, 0.3) is 0 Å². The van der Waals surface area contributed by atoms with Crippen LogP contribution in [0.2, 0.25) is 5.02 Å². The molecule has 1 atom stereocenters. The summed E-state index contributed by atoms with van der Waals surface area (Å²) in [6.07, 6.45) is 2.06. The molecule has 1 aromatic rings. The lowest BCUT2D eigenvalue weighted by Gasteiger charge is -2.23. The van der Waals surface area contributed by atoms with Crippen molar-refractivity contribution in [1.29, 1.82) is 0 Å². The predicted molar refractivity (Wildman–Crippen MR) is 71.8 cm³/mol. The number of benzene rings is 1. The van der Waals surface area contributed by atoms with Crippen LogP contribution < -0.4 is 10.6 Å². The maximum atomic E-state index is 11.6. The minimum absolute atomic E-state index is 0.254. The van der Waals surface area contributed by atoms with Gasteiger partial charge in [0.05, 0.1) is 5.60 Å². The Bertz CT molecular complexity index is 444. The van der Waals surface area contributed by atoms with Crippen molar-refractivity contribution in [2.24, 2.45) is 5.92 Å². The number of halogens is 1. The quantitative estimate of drug-likeness (QED) is 0.786. The standard InChI is InChI=1S/C13H17ClN2O2/c1-13(18,9-5-6-9)8-15-12(17)16-11-4-2-3-10(14)7-11/h2-4,7,9,18H,5-6,8H2,1H3,(H2,15,16,17). The Morgan fingerprint density at radius 1 is 1.56 bits per heavy atom. The van der Waals surface area contributed by atoms with Crippen molar-refractivity contribution in [3.05, 3.63) is 29.3 Å². The number of amides is 2. The van der Waals surface area contributed by atoms with E-state index in [4.69, 9.17) is 11.6 Å². The zero-order valence-electron chi connectivity index (χ0n) is 10.2. The number of rotatable bonds is 4. The first kappa shape index (κ1) is 13.2. The minimum Gasteiger partial charge on any atom is -0.388 e. The number of anilines is 1. The molecular formula is C13H17ClN2O2. The predicted octanol–water partition coefficient (Wildman–Crippen LogP) is 2.62. The Kier molecular flexibility index (Phi) is 3.78. The molecule has 1 saturated carbocycles. The third-order valence-corrected chi connectivity index (χ3v) is 3.38. The van der Waals surface area contributed by atoms with Gasteiger partial charge in [0.2, 0.25) is 0 Å². The van der Waals surface area contributed by atoms with E-state index in [1.807, 2.05) is 0 Å². The van der Waals surface area contributed by atoms with E-state index in [9.17, 15) is 9.90 Å². The summed E-state index contributed by atoms with van der Waals surface area (Å²) >= 11 is 5.82. The molecule has 3 N–H and O–H groups in total. The second-order valence-corrected chi connectivity index (χ2v) is 5.39. The summed E-state index contributed by atoms with van der Waals surface area (Å²) in [4.78, 5) is 11.6. The maximum Gasteiger partial charge on any atom is 0.319 e. The first-order valence-electron chi connectivity index (χ1n) is 6.00. The average molecular weight is 269 g/mol. The second-order valence-electron chi connectivity index (χ2n) is 4.95. The van der Waals surface area contributed by atoms with Crippen LogP contribution in [0.4, 0.5) is 10.5 Å². The van der Waals surface area contributed by atoms with Gasteiger partial charge in [-0.15, -0.1) is 0 Å². The van der Waals surface area contributed by atoms with E-state index in [0.717, 1.165) is 12.8 Å². The molecule has 0 saturated heterocycles. The SMILES string of the molecule is CC(O)(CNC(=O)Nc1cccc(Cl)c1)C1CC1. The first-order chi connectivity index (χ1) is 8.47. The molecule has 2 rings (SSSR count). The van der Waals surface area contributed by atoms with Crippen molar-refractivity contribution in [3.63, 3.8) is 0 Å². The zero-order chi connectivity index (χ0) is 13.2. The van der Waals surface area contributed by atoms with Crippen molar-refractivity contribution in [2.75, 3.05) is 11.9 Å². The molecule has 2 amide bonds. The monoisotopic (exact) mass is 268 g/mol. The van der Waals surface area contributed by atoms with Gasteiger partial charge in [-0.05, 0) is 43.9 Å². The summed E-state index contributed by atoms with van der Waals surface area (Å²) in [7, 11) is 0. The van der Waals surface area contributed by atoms with Gasteiger partial charge in [-0.25, -0.2) is 4.79 Å². The summed E-state index contributed by atoms with van der Waals surface area (Å²) in [6, 6.07) is 6.59. The highest BCUT2D eigenvalue weighted by Gasteiger charge is 2.39. The maximum absolute atomic E-state index is 11.6. The van der Waals surface area contributed by atoms with Gasteiger partial charge in [-0.1, -0.05) is 17.7 Å². The molecule has 0 aliphatic heterocycles. The van der Waals surface area contributed by atoms with Crippen LogP contribution in [0, 0.1) is 5.92 Å². The number of hydrogen-bond donors (Lipinski definition) is 3. The third-order valence-electron chi connectivity index (χ3n) is 3.15. The van der Waals surface area contributed by atoms with Crippen LogP contribution in [-0.4, -0.2) is 23.3 Å². The molecule has 0 aromatic heterocycles. The van der Waals surface area contributed by atoms with Gasteiger partial charge in [-0.3, -0.25) is 0 Å². The molecule has 1 unspecified atom stereocenters. The summed E-state index contributed by atoms with van der Waals surface area (Å²) in [5.74, 6) is 0.309. The van der Waals surface area contributed by atoms with Crippen molar-refractivity contribution in [3.8, 4) is 0 Å². The van der Waals surface area contributed by atoms with Crippen LogP contribution in [-0.2, 0) is 0 Å². The molecule has 0 spiro atoms. The summed E-state index contributed by atoms with van der Waals surface area (Å²) in [5, 5.41) is 16.0. The van der Waals surface area contributed by atoms with Gasteiger partial charge in [-0.2, -0.15) is 0 Å². The fourth-order valence-corrected chi connectivity index (χ4v) is 2.04. The molecule has 98 valence electrons. The van der Waals surface area contributed by atoms with E-state index < -0.39 is 5.60 Å². The number of urea groups is 1. The highest BCUT2D eigenvalue weighted by Crippen LogP contribution is 2.38. The molecule has 0 heterocycles. The molecule has 1 fully saturated rings. The van der Waals surface area contributed by atoms with E-state index in [2.05, 4.69) is 10.6 Å². The van der Waals surface area contributed by atoms with E-state index in [0.29, 0.717) is 16.6 Å². The molecule has 0 bridgehead atoms. The molecule has 1 aliphatic carbocycles. The minimum atomic E-state index is -0.814. The Labute approximate surface area is 111 Å². The normalized spacial score (nSPS) is 17.9. The van der Waals surface area contributed by atoms with E-state index >= 15 is 0 Å². The van der Waals surface area contributed by atoms with Gasteiger partial charge in [0.15, 0.2) is 0 Å². The van der Waals surface area contributed by atoms with E-state index in [-0.39, 0.29) is 12.6 Å². The van der Waals surface area contributed by atoms with Crippen LogP contribution in [0.15, 0.2) is 24.3 Å². The third kappa shape index (κ3) is 3.62. The van der Waals surface area contributed by atoms with Crippen molar-refractivity contribution < 1.29 is 9.90 Å². The van der Waals surface area contributed by atoms with Crippen molar-refractivity contribution in [2.45, 2.75) is 25.4 Å².